The Bertz CT molecular complexity index is 54.4. The average molecular weight is 131 g/mol. The van der Waals surface area contributed by atoms with Crippen LogP contribution in [-0.2, 0) is 12.6 Å². The summed E-state index contributed by atoms with van der Waals surface area (Å²) in [6.07, 6.45) is 0. The van der Waals surface area contributed by atoms with Gasteiger partial charge in [0.05, 0.1) is 0 Å². The van der Waals surface area contributed by atoms with Crippen molar-refractivity contribution in [3.8, 4) is 5.40 Å². The SMILES string of the molecule is C[Si](C)C.N#C[S-]. The van der Waals surface area contributed by atoms with Gasteiger partial charge in [-0.2, -0.15) is 0 Å². The number of nitriles is 1. The van der Waals surface area contributed by atoms with E-state index in [-0.39, 0.29) is 8.80 Å². The Hall–Kier alpha value is -0.0731. The Morgan fingerprint density at radius 1 is 1.43 bits per heavy atom. The molecule has 41 valence electrons. The van der Waals surface area contributed by atoms with Crippen molar-refractivity contribution in [2.24, 2.45) is 0 Å². The first kappa shape index (κ1) is 10.0. The standard InChI is InChI=1S/C3H9Si.CHNS/c1-4(2)3;2-1-3/h1-3H3;3H/p-1. The monoisotopic (exact) mass is 131 g/mol. The number of hydrogen-bond donors (Lipinski definition) is 0. The Balaban J connectivity index is 0. The summed E-state index contributed by atoms with van der Waals surface area (Å²) in [5, 5.41) is 8.47. The molecule has 7 heavy (non-hydrogen) atoms. The van der Waals surface area contributed by atoms with Gasteiger partial charge in [0.1, 0.15) is 0 Å². The van der Waals surface area contributed by atoms with Crippen LogP contribution in [0.25, 0.3) is 0 Å². The quantitative estimate of drug-likeness (QED) is 0.282. The maximum Gasteiger partial charge on any atom is 0.0379 e. The van der Waals surface area contributed by atoms with Crippen LogP contribution in [0.3, 0.4) is 0 Å². The topological polar surface area (TPSA) is 23.8 Å². The highest BCUT2D eigenvalue weighted by Crippen LogP contribution is 1.68. The first-order chi connectivity index (χ1) is 3.15. The van der Waals surface area contributed by atoms with Gasteiger partial charge in [0.25, 0.3) is 0 Å². The lowest BCUT2D eigenvalue weighted by Crippen LogP contribution is -1.84. The molecule has 0 aromatic rings. The maximum atomic E-state index is 7.13. The van der Waals surface area contributed by atoms with E-state index in [1.165, 1.54) is 5.40 Å². The number of thiocyanates is 1. The fourth-order valence-corrected chi connectivity index (χ4v) is 0. The molecule has 3 heteroatoms. The molecule has 0 unspecified atom stereocenters. The summed E-state index contributed by atoms with van der Waals surface area (Å²) in [5.74, 6) is 0. The van der Waals surface area contributed by atoms with E-state index in [2.05, 4.69) is 32.3 Å². The average Bonchev–Trinajstić information content (AvgIpc) is 1.33. The van der Waals surface area contributed by atoms with E-state index >= 15 is 0 Å². The van der Waals surface area contributed by atoms with Gasteiger partial charge in [-0.1, -0.05) is 25.0 Å². The van der Waals surface area contributed by atoms with E-state index in [4.69, 9.17) is 5.26 Å². The predicted octanol–water partition coefficient (Wildman–Crippen LogP) is 1.38. The minimum absolute atomic E-state index is 0.120. The van der Waals surface area contributed by atoms with Crippen molar-refractivity contribution in [3.05, 3.63) is 0 Å². The summed E-state index contributed by atoms with van der Waals surface area (Å²) in [6, 6.07) is 0. The van der Waals surface area contributed by atoms with Crippen molar-refractivity contribution in [3.63, 3.8) is 0 Å². The van der Waals surface area contributed by atoms with Crippen LogP contribution in [0.5, 0.6) is 0 Å². The van der Waals surface area contributed by atoms with Crippen LogP contribution in [0.2, 0.25) is 19.6 Å². The van der Waals surface area contributed by atoms with Crippen LogP contribution in [0.15, 0.2) is 0 Å². The zero-order valence-corrected chi connectivity index (χ0v) is 6.67. The zero-order valence-electron chi connectivity index (χ0n) is 4.86. The van der Waals surface area contributed by atoms with E-state index < -0.39 is 0 Å². The van der Waals surface area contributed by atoms with E-state index in [1.807, 2.05) is 0 Å². The summed E-state index contributed by atoms with van der Waals surface area (Å²) in [4.78, 5) is 0. The molecule has 0 rings (SSSR count). The molecule has 1 nitrogen and oxygen atoms in total. The van der Waals surface area contributed by atoms with Gasteiger partial charge < -0.3 is 12.6 Å². The minimum atomic E-state index is 0.120. The molecule has 0 fully saturated rings. The summed E-state index contributed by atoms with van der Waals surface area (Å²) in [5.41, 5.74) is 0. The first-order valence-electron chi connectivity index (χ1n) is 1.93. The van der Waals surface area contributed by atoms with Crippen LogP contribution in [0.1, 0.15) is 0 Å². The van der Waals surface area contributed by atoms with Gasteiger partial charge in [-0.25, -0.2) is 5.26 Å². The van der Waals surface area contributed by atoms with Crippen LogP contribution >= 0.6 is 0 Å². The molecule has 0 aromatic carbocycles. The molecule has 0 amide bonds. The van der Waals surface area contributed by atoms with Crippen LogP contribution in [-0.4, -0.2) is 8.80 Å². The molecule has 0 aliphatic carbocycles. The fourth-order valence-electron chi connectivity index (χ4n) is 0. The Morgan fingerprint density at radius 2 is 1.43 bits per heavy atom. The van der Waals surface area contributed by atoms with Crippen molar-refractivity contribution in [2.75, 3.05) is 0 Å². The normalized spacial score (nSPS) is 6.14. The molecule has 0 heterocycles. The molecule has 0 aromatic heterocycles. The molecule has 0 saturated carbocycles. The summed E-state index contributed by atoms with van der Waals surface area (Å²) in [7, 11) is 0.120. The van der Waals surface area contributed by atoms with Gasteiger partial charge in [-0.05, 0) is 0 Å². The van der Waals surface area contributed by atoms with E-state index in [9.17, 15) is 0 Å². The van der Waals surface area contributed by atoms with Gasteiger partial charge in [0.2, 0.25) is 0 Å². The molecule has 0 N–H and O–H groups in total. The molecular formula is C4H9NSSi-. The summed E-state index contributed by atoms with van der Waals surface area (Å²) in [6.45, 7) is 6.81. The maximum absolute atomic E-state index is 7.13. The highest BCUT2D eigenvalue weighted by molar-refractivity contribution is 7.64. The molecular weight excluding hydrogens is 122 g/mol. The lowest BCUT2D eigenvalue weighted by molar-refractivity contribution is 1.57. The molecule has 0 bridgehead atoms. The molecule has 1 radical (unpaired) electrons. The Kier molecular flexibility index (Phi) is 13.4. The number of hydrogen-bond acceptors (Lipinski definition) is 2. The lowest BCUT2D eigenvalue weighted by atomic mass is 11.8. The van der Waals surface area contributed by atoms with E-state index in [0.29, 0.717) is 0 Å². The second-order valence-corrected chi connectivity index (χ2v) is 4.77. The van der Waals surface area contributed by atoms with E-state index in [0.717, 1.165) is 0 Å². The molecule has 0 saturated heterocycles. The van der Waals surface area contributed by atoms with Crippen molar-refractivity contribution < 1.29 is 0 Å². The van der Waals surface area contributed by atoms with Crippen LogP contribution in [0, 0.1) is 10.7 Å². The third kappa shape index (κ3) is 17100. The lowest BCUT2D eigenvalue weighted by Gasteiger charge is -1.75. The van der Waals surface area contributed by atoms with E-state index in [1.54, 1.807) is 0 Å². The van der Waals surface area contributed by atoms with Crippen LogP contribution in [0.4, 0.5) is 0 Å². The first-order valence-corrected chi connectivity index (χ1v) is 5.34. The predicted molar refractivity (Wildman–Crippen MR) is 36.3 cm³/mol. The summed E-state index contributed by atoms with van der Waals surface area (Å²) < 4.78 is 0. The highest BCUT2D eigenvalue weighted by atomic mass is 32.1. The molecule has 0 aliphatic rings. The van der Waals surface area contributed by atoms with Crippen molar-refractivity contribution >= 4 is 21.4 Å². The summed E-state index contributed by atoms with van der Waals surface area (Å²) >= 11 is 3.70. The van der Waals surface area contributed by atoms with Crippen molar-refractivity contribution in [2.45, 2.75) is 19.6 Å². The largest absolute Gasteiger partial charge is 0.696 e. The van der Waals surface area contributed by atoms with Gasteiger partial charge >= 0.3 is 0 Å². The highest BCUT2D eigenvalue weighted by Gasteiger charge is 1.72. The third-order valence-corrected chi connectivity index (χ3v) is 0. The van der Waals surface area contributed by atoms with Crippen molar-refractivity contribution in [1.82, 2.24) is 0 Å². The number of rotatable bonds is 0. The smallest absolute Gasteiger partial charge is 0.0379 e. The second-order valence-electron chi connectivity index (χ2n) is 1.59. The van der Waals surface area contributed by atoms with Crippen LogP contribution < -0.4 is 0 Å². The fraction of sp³-hybridized carbons (Fsp3) is 0.750. The third-order valence-electron chi connectivity index (χ3n) is 0. The van der Waals surface area contributed by atoms with Gasteiger partial charge in [0.15, 0.2) is 0 Å². The molecule has 0 aliphatic heterocycles. The Morgan fingerprint density at radius 3 is 1.43 bits per heavy atom. The minimum Gasteiger partial charge on any atom is -0.696 e. The molecule has 0 spiro atoms. The molecule has 0 atom stereocenters. The zero-order chi connectivity index (χ0) is 6.28. The second kappa shape index (κ2) is 9.33. The Labute approximate surface area is 52.4 Å². The van der Waals surface area contributed by atoms with Gasteiger partial charge in [-0.15, -0.1) is 0 Å². The number of nitrogens with zero attached hydrogens (tertiary/aromatic N) is 1. The van der Waals surface area contributed by atoms with Gasteiger partial charge in [-0.3, -0.25) is 0 Å². The van der Waals surface area contributed by atoms with Crippen molar-refractivity contribution in [1.29, 1.82) is 5.26 Å². The van der Waals surface area contributed by atoms with Gasteiger partial charge in [0, 0.05) is 8.80 Å².